The molecule has 0 saturated heterocycles. The first kappa shape index (κ1) is 16.7. The molecule has 6 heteroatoms. The molecule has 0 fully saturated rings. The molecule has 0 aliphatic carbocycles. The fraction of sp³-hybridized carbons (Fsp3) is 0.400. The minimum atomic E-state index is 0.515. The molecule has 0 radical (unpaired) electrons. The molecule has 0 spiro atoms. The van der Waals surface area contributed by atoms with E-state index in [1.54, 1.807) is 24.5 Å². The zero-order chi connectivity index (χ0) is 15.2. The first-order valence-corrected chi connectivity index (χ1v) is 8.36. The lowest BCUT2D eigenvalue weighted by atomic mass is 10.2. The Balaban J connectivity index is 2.26. The summed E-state index contributed by atoms with van der Waals surface area (Å²) in [6, 6.07) is 5.58. The molecule has 0 amide bonds. The van der Waals surface area contributed by atoms with E-state index in [1.165, 1.54) is 4.88 Å². The van der Waals surface area contributed by atoms with Gasteiger partial charge in [0.25, 0.3) is 0 Å². The van der Waals surface area contributed by atoms with E-state index in [-0.39, 0.29) is 0 Å². The first-order chi connectivity index (χ1) is 10.2. The molecule has 1 heterocycles. The van der Waals surface area contributed by atoms with E-state index in [0.29, 0.717) is 16.7 Å². The fourth-order valence-electron chi connectivity index (χ4n) is 1.90. The van der Waals surface area contributed by atoms with E-state index >= 15 is 0 Å². The van der Waals surface area contributed by atoms with Gasteiger partial charge in [-0.05, 0) is 25.1 Å². The van der Waals surface area contributed by atoms with Crippen molar-refractivity contribution in [3.05, 3.63) is 38.8 Å². The zero-order valence-electron chi connectivity index (χ0n) is 12.1. The average Bonchev–Trinajstić information content (AvgIpc) is 2.86. The standard InChI is InChI=1S/C15H18Cl2N2OS/c1-3-6-18-8-14-13(9-20-2)19-15(21-14)10-4-5-11(16)12(17)7-10/h4-5,7,18H,3,6,8-9H2,1-2H3. The van der Waals surface area contributed by atoms with Gasteiger partial charge in [0, 0.05) is 24.1 Å². The Bertz CT molecular complexity index is 601. The maximum atomic E-state index is 6.08. The summed E-state index contributed by atoms with van der Waals surface area (Å²) in [5, 5.41) is 5.44. The van der Waals surface area contributed by atoms with Crippen LogP contribution < -0.4 is 5.32 Å². The summed E-state index contributed by atoms with van der Waals surface area (Å²) in [6.07, 6.45) is 1.11. The lowest BCUT2D eigenvalue weighted by molar-refractivity contribution is 0.181. The maximum Gasteiger partial charge on any atom is 0.124 e. The molecule has 1 N–H and O–H groups in total. The summed E-state index contributed by atoms with van der Waals surface area (Å²) in [5.74, 6) is 0. The van der Waals surface area contributed by atoms with Crippen LogP contribution in [0.1, 0.15) is 23.9 Å². The number of methoxy groups -OCH3 is 1. The minimum absolute atomic E-state index is 0.515. The van der Waals surface area contributed by atoms with Gasteiger partial charge in [-0.15, -0.1) is 11.3 Å². The van der Waals surface area contributed by atoms with Crippen LogP contribution in [0.25, 0.3) is 10.6 Å². The Labute approximate surface area is 139 Å². The maximum absolute atomic E-state index is 6.08. The number of thiazole rings is 1. The summed E-state index contributed by atoms with van der Waals surface area (Å²) in [7, 11) is 1.68. The van der Waals surface area contributed by atoms with Crippen molar-refractivity contribution in [2.45, 2.75) is 26.5 Å². The molecule has 0 aliphatic rings. The van der Waals surface area contributed by atoms with Crippen molar-refractivity contribution in [1.29, 1.82) is 0 Å². The van der Waals surface area contributed by atoms with Crippen LogP contribution in [-0.2, 0) is 17.9 Å². The van der Waals surface area contributed by atoms with Gasteiger partial charge < -0.3 is 10.1 Å². The van der Waals surface area contributed by atoms with Gasteiger partial charge in [0.1, 0.15) is 5.01 Å². The Morgan fingerprint density at radius 1 is 1.29 bits per heavy atom. The Morgan fingerprint density at radius 3 is 2.76 bits per heavy atom. The highest BCUT2D eigenvalue weighted by Crippen LogP contribution is 2.32. The van der Waals surface area contributed by atoms with Crippen LogP contribution in [0.2, 0.25) is 10.0 Å². The Hall–Kier alpha value is -0.650. The molecule has 0 atom stereocenters. The van der Waals surface area contributed by atoms with Gasteiger partial charge in [-0.25, -0.2) is 4.98 Å². The number of aromatic nitrogens is 1. The van der Waals surface area contributed by atoms with Crippen molar-refractivity contribution in [3.63, 3.8) is 0 Å². The summed E-state index contributed by atoms with van der Waals surface area (Å²) in [6.45, 7) is 4.47. The molecule has 0 bridgehead atoms. The predicted octanol–water partition coefficient (Wildman–Crippen LogP) is 4.76. The number of nitrogens with zero attached hydrogens (tertiary/aromatic N) is 1. The van der Waals surface area contributed by atoms with Gasteiger partial charge in [-0.2, -0.15) is 0 Å². The normalized spacial score (nSPS) is 11.0. The van der Waals surface area contributed by atoms with Crippen molar-refractivity contribution in [2.24, 2.45) is 0 Å². The SMILES string of the molecule is CCCNCc1sc(-c2ccc(Cl)c(Cl)c2)nc1COC. The molecule has 1 aromatic heterocycles. The molecule has 1 aromatic carbocycles. The summed E-state index contributed by atoms with van der Waals surface area (Å²) < 4.78 is 5.24. The molecule has 21 heavy (non-hydrogen) atoms. The molecule has 0 unspecified atom stereocenters. The lowest BCUT2D eigenvalue weighted by Gasteiger charge is -2.02. The van der Waals surface area contributed by atoms with Crippen LogP contribution in [0.15, 0.2) is 18.2 Å². The van der Waals surface area contributed by atoms with E-state index in [1.807, 2.05) is 12.1 Å². The second-order valence-electron chi connectivity index (χ2n) is 4.63. The molecule has 2 aromatic rings. The van der Waals surface area contributed by atoms with Crippen molar-refractivity contribution in [1.82, 2.24) is 10.3 Å². The van der Waals surface area contributed by atoms with Crippen LogP contribution in [0.3, 0.4) is 0 Å². The largest absolute Gasteiger partial charge is 0.378 e. The van der Waals surface area contributed by atoms with E-state index in [0.717, 1.165) is 35.8 Å². The predicted molar refractivity (Wildman–Crippen MR) is 90.3 cm³/mol. The van der Waals surface area contributed by atoms with E-state index < -0.39 is 0 Å². The molecule has 0 aliphatic heterocycles. The van der Waals surface area contributed by atoms with Crippen molar-refractivity contribution < 1.29 is 4.74 Å². The third-order valence-corrected chi connectivity index (χ3v) is 4.82. The summed E-state index contributed by atoms with van der Waals surface area (Å²) in [5.41, 5.74) is 1.96. The van der Waals surface area contributed by atoms with Crippen LogP contribution >= 0.6 is 34.5 Å². The molecular formula is C15H18Cl2N2OS. The van der Waals surface area contributed by atoms with Crippen LogP contribution in [0.4, 0.5) is 0 Å². The van der Waals surface area contributed by atoms with Gasteiger partial charge in [0.2, 0.25) is 0 Å². The first-order valence-electron chi connectivity index (χ1n) is 6.79. The van der Waals surface area contributed by atoms with Gasteiger partial charge in [-0.1, -0.05) is 36.2 Å². The van der Waals surface area contributed by atoms with Crippen LogP contribution in [-0.4, -0.2) is 18.6 Å². The van der Waals surface area contributed by atoms with Gasteiger partial charge in [0.05, 0.1) is 22.3 Å². The third-order valence-electron chi connectivity index (χ3n) is 2.94. The quantitative estimate of drug-likeness (QED) is 0.735. The van der Waals surface area contributed by atoms with E-state index in [2.05, 4.69) is 17.2 Å². The van der Waals surface area contributed by atoms with E-state index in [9.17, 15) is 0 Å². The molecular weight excluding hydrogens is 327 g/mol. The van der Waals surface area contributed by atoms with Crippen LogP contribution in [0.5, 0.6) is 0 Å². The summed E-state index contributed by atoms with van der Waals surface area (Å²) >= 11 is 13.7. The van der Waals surface area contributed by atoms with E-state index in [4.69, 9.17) is 27.9 Å². The average molecular weight is 345 g/mol. The Kier molecular flexibility index (Phi) is 6.45. The monoisotopic (exact) mass is 344 g/mol. The second kappa shape index (κ2) is 8.11. The van der Waals surface area contributed by atoms with Crippen molar-refractivity contribution >= 4 is 34.5 Å². The number of ether oxygens (including phenoxy) is 1. The topological polar surface area (TPSA) is 34.2 Å². The highest BCUT2D eigenvalue weighted by molar-refractivity contribution is 7.15. The third kappa shape index (κ3) is 4.41. The van der Waals surface area contributed by atoms with Crippen LogP contribution in [0, 0.1) is 0 Å². The number of hydrogen-bond donors (Lipinski definition) is 1. The molecule has 114 valence electrons. The van der Waals surface area contributed by atoms with Gasteiger partial charge >= 0.3 is 0 Å². The zero-order valence-corrected chi connectivity index (χ0v) is 14.4. The number of rotatable bonds is 7. The number of nitrogens with one attached hydrogen (secondary N) is 1. The number of hydrogen-bond acceptors (Lipinski definition) is 4. The molecule has 0 saturated carbocycles. The fourth-order valence-corrected chi connectivity index (χ4v) is 3.23. The smallest absolute Gasteiger partial charge is 0.124 e. The van der Waals surface area contributed by atoms with Gasteiger partial charge in [0.15, 0.2) is 0 Å². The van der Waals surface area contributed by atoms with Gasteiger partial charge in [-0.3, -0.25) is 0 Å². The molecule has 2 rings (SSSR count). The highest BCUT2D eigenvalue weighted by Gasteiger charge is 2.13. The number of halogens is 2. The second-order valence-corrected chi connectivity index (χ2v) is 6.53. The van der Waals surface area contributed by atoms with Crippen molar-refractivity contribution in [3.8, 4) is 10.6 Å². The molecule has 3 nitrogen and oxygen atoms in total. The Morgan fingerprint density at radius 2 is 2.10 bits per heavy atom. The lowest BCUT2D eigenvalue weighted by Crippen LogP contribution is -2.14. The van der Waals surface area contributed by atoms with Crippen molar-refractivity contribution in [2.75, 3.05) is 13.7 Å². The number of benzene rings is 1. The minimum Gasteiger partial charge on any atom is -0.378 e. The highest BCUT2D eigenvalue weighted by atomic mass is 35.5. The summed E-state index contributed by atoms with van der Waals surface area (Å²) in [4.78, 5) is 5.87.